The predicted octanol–water partition coefficient (Wildman–Crippen LogP) is 3.22. The van der Waals surface area contributed by atoms with E-state index >= 15 is 0 Å². The van der Waals surface area contributed by atoms with Gasteiger partial charge >= 0.3 is 5.97 Å². The summed E-state index contributed by atoms with van der Waals surface area (Å²) in [7, 11) is 1.67. The summed E-state index contributed by atoms with van der Waals surface area (Å²) in [6.07, 6.45) is 3.76. The molecular formula is C19H28N4O3S. The molecule has 3 rings (SSSR count). The normalized spacial score (nSPS) is 15.2. The van der Waals surface area contributed by atoms with Crippen LogP contribution in [0.3, 0.4) is 0 Å². The van der Waals surface area contributed by atoms with Crippen LogP contribution in [0.4, 0.5) is 5.82 Å². The molecule has 0 spiro atoms. The van der Waals surface area contributed by atoms with Crippen molar-refractivity contribution in [1.82, 2.24) is 14.9 Å². The number of methoxy groups -OCH3 is 1. The van der Waals surface area contributed by atoms with Gasteiger partial charge in [0, 0.05) is 13.7 Å². The number of ether oxygens (including phenoxy) is 2. The number of likely N-dealkylation sites (tertiary alicyclic amines) is 1. The van der Waals surface area contributed by atoms with Gasteiger partial charge in [-0.05, 0) is 45.3 Å². The fraction of sp³-hybridized carbons (Fsp3) is 0.632. The molecule has 0 aliphatic carbocycles. The molecule has 27 heavy (non-hydrogen) atoms. The van der Waals surface area contributed by atoms with Crippen LogP contribution in [0.25, 0.3) is 10.2 Å². The van der Waals surface area contributed by atoms with Gasteiger partial charge in [0.2, 0.25) is 0 Å². The molecule has 1 aliphatic heterocycles. The van der Waals surface area contributed by atoms with Gasteiger partial charge in [-0.1, -0.05) is 6.42 Å². The lowest BCUT2D eigenvalue weighted by atomic mass is 10.1. The number of carbonyl (C=O) groups excluding carboxylic acids is 1. The number of thiophene rings is 1. The minimum absolute atomic E-state index is 0.293. The Labute approximate surface area is 164 Å². The maximum absolute atomic E-state index is 12.3. The predicted molar refractivity (Wildman–Crippen MR) is 108 cm³/mol. The molecule has 0 saturated carbocycles. The van der Waals surface area contributed by atoms with Crippen LogP contribution in [-0.4, -0.2) is 60.8 Å². The number of aromatic nitrogens is 2. The number of hydrogen-bond acceptors (Lipinski definition) is 8. The Morgan fingerprint density at radius 2 is 2.04 bits per heavy atom. The summed E-state index contributed by atoms with van der Waals surface area (Å²) < 4.78 is 10.4. The Kier molecular flexibility index (Phi) is 6.98. The van der Waals surface area contributed by atoms with Crippen molar-refractivity contribution in [3.63, 3.8) is 0 Å². The molecule has 0 atom stereocenters. The summed E-state index contributed by atoms with van der Waals surface area (Å²) in [6.45, 7) is 8.25. The lowest BCUT2D eigenvalue weighted by molar-refractivity contribution is 0.0531. The van der Waals surface area contributed by atoms with Gasteiger partial charge in [-0.3, -0.25) is 4.90 Å². The SMILES string of the molecule is CCOC(=O)c1sc2nc(CN3CCCCC3)nc(NCCOC)c2c1C. The van der Waals surface area contributed by atoms with Crippen LogP contribution in [0.2, 0.25) is 0 Å². The first-order valence-corrected chi connectivity index (χ1v) is 10.4. The van der Waals surface area contributed by atoms with E-state index in [2.05, 4.69) is 10.2 Å². The second-order valence-corrected chi connectivity index (χ2v) is 7.70. The first-order valence-electron chi connectivity index (χ1n) is 9.56. The molecule has 3 heterocycles. The lowest BCUT2D eigenvalue weighted by Crippen LogP contribution is -2.30. The second-order valence-electron chi connectivity index (χ2n) is 6.70. The highest BCUT2D eigenvalue weighted by molar-refractivity contribution is 7.20. The van der Waals surface area contributed by atoms with Gasteiger partial charge in [-0.15, -0.1) is 11.3 Å². The van der Waals surface area contributed by atoms with Crippen molar-refractivity contribution in [1.29, 1.82) is 0 Å². The average molecular weight is 393 g/mol. The van der Waals surface area contributed by atoms with E-state index in [1.807, 2.05) is 13.8 Å². The molecule has 148 valence electrons. The number of piperidine rings is 1. The van der Waals surface area contributed by atoms with Crippen LogP contribution in [0.15, 0.2) is 0 Å². The van der Waals surface area contributed by atoms with Crippen molar-refractivity contribution in [3.8, 4) is 0 Å². The molecule has 0 aromatic carbocycles. The summed E-state index contributed by atoms with van der Waals surface area (Å²) in [5.41, 5.74) is 0.873. The first kappa shape index (κ1) is 20.0. The number of carbonyl (C=O) groups is 1. The molecule has 0 bridgehead atoms. The number of esters is 1. The Bertz CT molecular complexity index is 787. The quantitative estimate of drug-likeness (QED) is 0.546. The number of aryl methyl sites for hydroxylation is 1. The Morgan fingerprint density at radius 1 is 1.26 bits per heavy atom. The van der Waals surface area contributed by atoms with E-state index in [9.17, 15) is 4.79 Å². The number of rotatable bonds is 8. The van der Waals surface area contributed by atoms with E-state index in [4.69, 9.17) is 19.4 Å². The van der Waals surface area contributed by atoms with E-state index in [0.29, 0.717) is 24.6 Å². The topological polar surface area (TPSA) is 76.6 Å². The highest BCUT2D eigenvalue weighted by atomic mass is 32.1. The third kappa shape index (κ3) is 4.75. The summed E-state index contributed by atoms with van der Waals surface area (Å²) in [5.74, 6) is 1.27. The van der Waals surface area contributed by atoms with Crippen molar-refractivity contribution >= 4 is 33.3 Å². The van der Waals surface area contributed by atoms with Crippen LogP contribution < -0.4 is 5.32 Å². The summed E-state index contributed by atoms with van der Waals surface area (Å²) in [4.78, 5) is 25.7. The average Bonchev–Trinajstić information content (AvgIpc) is 3.00. The van der Waals surface area contributed by atoms with Crippen LogP contribution in [0.5, 0.6) is 0 Å². The molecule has 1 N–H and O–H groups in total. The second kappa shape index (κ2) is 9.43. The van der Waals surface area contributed by atoms with E-state index in [1.54, 1.807) is 7.11 Å². The van der Waals surface area contributed by atoms with Crippen LogP contribution in [-0.2, 0) is 16.0 Å². The number of anilines is 1. The molecule has 1 aliphatic rings. The van der Waals surface area contributed by atoms with Gasteiger partial charge < -0.3 is 14.8 Å². The minimum Gasteiger partial charge on any atom is -0.462 e. The van der Waals surface area contributed by atoms with Crippen molar-refractivity contribution in [2.75, 3.05) is 45.3 Å². The molecular weight excluding hydrogens is 364 g/mol. The van der Waals surface area contributed by atoms with Gasteiger partial charge in [-0.25, -0.2) is 14.8 Å². The maximum Gasteiger partial charge on any atom is 0.348 e. The maximum atomic E-state index is 12.3. The number of nitrogens with zero attached hydrogens (tertiary/aromatic N) is 3. The zero-order valence-electron chi connectivity index (χ0n) is 16.3. The Balaban J connectivity index is 1.95. The van der Waals surface area contributed by atoms with E-state index in [-0.39, 0.29) is 5.97 Å². The Hall–Kier alpha value is -1.77. The lowest BCUT2D eigenvalue weighted by Gasteiger charge is -2.25. The summed E-state index contributed by atoms with van der Waals surface area (Å²) in [5, 5.41) is 4.26. The van der Waals surface area contributed by atoms with Crippen LogP contribution in [0.1, 0.15) is 47.2 Å². The molecule has 1 fully saturated rings. The van der Waals surface area contributed by atoms with Crippen molar-refractivity contribution in [2.24, 2.45) is 0 Å². The van der Waals surface area contributed by atoms with Crippen molar-refractivity contribution < 1.29 is 14.3 Å². The zero-order chi connectivity index (χ0) is 19.2. The molecule has 7 nitrogen and oxygen atoms in total. The van der Waals surface area contributed by atoms with Gasteiger partial charge in [0.25, 0.3) is 0 Å². The highest BCUT2D eigenvalue weighted by Crippen LogP contribution is 2.34. The van der Waals surface area contributed by atoms with Crippen molar-refractivity contribution in [3.05, 3.63) is 16.3 Å². The van der Waals surface area contributed by atoms with Crippen LogP contribution >= 0.6 is 11.3 Å². The minimum atomic E-state index is -0.293. The van der Waals surface area contributed by atoms with Crippen LogP contribution in [0, 0.1) is 6.92 Å². The van der Waals surface area contributed by atoms with Gasteiger partial charge in [-0.2, -0.15) is 0 Å². The fourth-order valence-corrected chi connectivity index (χ4v) is 4.46. The number of fused-ring (bicyclic) bond motifs is 1. The monoisotopic (exact) mass is 392 g/mol. The first-order chi connectivity index (χ1) is 13.1. The molecule has 2 aromatic heterocycles. The van der Waals surface area contributed by atoms with Gasteiger partial charge in [0.1, 0.15) is 21.3 Å². The Morgan fingerprint density at radius 3 is 2.74 bits per heavy atom. The molecule has 2 aromatic rings. The summed E-state index contributed by atoms with van der Waals surface area (Å²) in [6, 6.07) is 0. The standard InChI is InChI=1S/C19H28N4O3S/c1-4-26-19(24)16-13(2)15-17(20-8-11-25-3)21-14(22-18(15)27-16)12-23-9-6-5-7-10-23/h4-12H2,1-3H3,(H,20,21,22). The third-order valence-corrected chi connectivity index (χ3v) is 5.88. The molecule has 0 amide bonds. The van der Waals surface area contributed by atoms with Gasteiger partial charge in [0.05, 0.1) is 25.1 Å². The van der Waals surface area contributed by atoms with E-state index in [0.717, 1.165) is 47.1 Å². The van der Waals surface area contributed by atoms with Crippen molar-refractivity contribution in [2.45, 2.75) is 39.7 Å². The molecule has 8 heteroatoms. The van der Waals surface area contributed by atoms with E-state index in [1.165, 1.54) is 30.6 Å². The third-order valence-electron chi connectivity index (χ3n) is 4.71. The van der Waals surface area contributed by atoms with Gasteiger partial charge in [0.15, 0.2) is 0 Å². The zero-order valence-corrected chi connectivity index (χ0v) is 17.2. The molecule has 0 unspecified atom stereocenters. The molecule has 0 radical (unpaired) electrons. The van der Waals surface area contributed by atoms with E-state index < -0.39 is 0 Å². The number of hydrogen-bond donors (Lipinski definition) is 1. The summed E-state index contributed by atoms with van der Waals surface area (Å²) >= 11 is 1.39. The largest absolute Gasteiger partial charge is 0.462 e. The fourth-order valence-electron chi connectivity index (χ4n) is 3.36. The number of nitrogens with one attached hydrogen (secondary N) is 1. The molecule has 1 saturated heterocycles. The smallest absolute Gasteiger partial charge is 0.348 e. The highest BCUT2D eigenvalue weighted by Gasteiger charge is 2.22.